The molecule has 1 fully saturated rings. The highest BCUT2D eigenvalue weighted by Gasteiger charge is 2.40. The second-order valence-electron chi connectivity index (χ2n) is 4.11. The maximum atomic E-state index is 9.19. The molecule has 0 aliphatic heterocycles. The van der Waals surface area contributed by atoms with Crippen LogP contribution >= 0.6 is 0 Å². The first kappa shape index (κ1) is 9.96. The normalized spacial score (nSPS) is 23.5. The van der Waals surface area contributed by atoms with E-state index in [1.807, 2.05) is 13.8 Å². The topological polar surface area (TPSA) is 43.7 Å². The third-order valence-corrected chi connectivity index (χ3v) is 3.19. The zero-order chi connectivity index (χ0) is 9.19. The molecule has 0 heterocycles. The molecule has 12 heavy (non-hydrogen) atoms. The highest BCUT2D eigenvalue weighted by atomic mass is 16.8. The van der Waals surface area contributed by atoms with Gasteiger partial charge in [0.05, 0.1) is 5.54 Å². The monoisotopic (exact) mass is 173 g/mol. The lowest BCUT2D eigenvalue weighted by Crippen LogP contribution is -2.50. The summed E-state index contributed by atoms with van der Waals surface area (Å²) in [5, 5.41) is 18.8. The third kappa shape index (κ3) is 1.63. The van der Waals surface area contributed by atoms with E-state index in [9.17, 15) is 10.4 Å². The van der Waals surface area contributed by atoms with E-state index < -0.39 is 0 Å². The molecule has 1 rings (SSSR count). The molecule has 0 aromatic rings. The minimum Gasteiger partial charge on any atom is -0.289 e. The maximum absolute atomic E-state index is 9.19. The Morgan fingerprint density at radius 1 is 1.08 bits per heavy atom. The smallest absolute Gasteiger partial charge is 0.0755 e. The number of nitrogens with zero attached hydrogens (tertiary/aromatic N) is 1. The third-order valence-electron chi connectivity index (χ3n) is 3.19. The van der Waals surface area contributed by atoms with Crippen LogP contribution < -0.4 is 0 Å². The van der Waals surface area contributed by atoms with Gasteiger partial charge in [-0.15, -0.1) is 0 Å². The van der Waals surface area contributed by atoms with Crippen LogP contribution in [0.2, 0.25) is 0 Å². The predicted octanol–water partition coefficient (Wildman–Crippen LogP) is 2.43. The molecule has 2 N–H and O–H groups in total. The Morgan fingerprint density at radius 2 is 1.58 bits per heavy atom. The van der Waals surface area contributed by atoms with E-state index in [4.69, 9.17) is 0 Å². The Hall–Kier alpha value is -0.120. The fourth-order valence-electron chi connectivity index (χ4n) is 2.17. The minimum atomic E-state index is -0.377. The molecule has 0 radical (unpaired) electrons. The predicted molar refractivity (Wildman–Crippen MR) is 46.1 cm³/mol. The van der Waals surface area contributed by atoms with Gasteiger partial charge in [0.15, 0.2) is 0 Å². The van der Waals surface area contributed by atoms with Crippen LogP contribution in [0.4, 0.5) is 0 Å². The first-order chi connectivity index (χ1) is 5.59. The zero-order valence-electron chi connectivity index (χ0n) is 7.95. The van der Waals surface area contributed by atoms with Crippen LogP contribution in [0.5, 0.6) is 0 Å². The van der Waals surface area contributed by atoms with E-state index >= 15 is 0 Å². The highest BCUT2D eigenvalue weighted by molar-refractivity contribution is 4.89. The van der Waals surface area contributed by atoms with Crippen molar-refractivity contribution >= 4 is 0 Å². The lowest BCUT2D eigenvalue weighted by molar-refractivity contribution is -0.377. The van der Waals surface area contributed by atoms with Gasteiger partial charge in [-0.3, -0.25) is 10.4 Å². The summed E-state index contributed by atoms with van der Waals surface area (Å²) in [6.45, 7) is 4.09. The molecule has 0 amide bonds. The Balaban J connectivity index is 2.70. The molecule has 1 saturated carbocycles. The van der Waals surface area contributed by atoms with Gasteiger partial charge in [0.2, 0.25) is 0 Å². The van der Waals surface area contributed by atoms with Crippen LogP contribution in [0.25, 0.3) is 0 Å². The van der Waals surface area contributed by atoms with Gasteiger partial charge in [-0.2, -0.15) is 0 Å². The lowest BCUT2D eigenvalue weighted by atomic mass is 9.74. The molecule has 0 atom stereocenters. The number of rotatable bonds is 2. The summed E-state index contributed by atoms with van der Waals surface area (Å²) in [6.07, 6.45) is 5.24. The minimum absolute atomic E-state index is 0.299. The van der Waals surface area contributed by atoms with Crippen molar-refractivity contribution in [2.75, 3.05) is 0 Å². The molecular weight excluding hydrogens is 154 g/mol. The van der Waals surface area contributed by atoms with Crippen molar-refractivity contribution in [3.63, 3.8) is 0 Å². The van der Waals surface area contributed by atoms with Gasteiger partial charge in [-0.1, -0.05) is 38.3 Å². The molecule has 0 saturated heterocycles. The molecule has 1 aliphatic carbocycles. The first-order valence-electron chi connectivity index (χ1n) is 4.77. The standard InChI is InChI=1S/C9H19NO2/c1-8(2)9(10(11)12)6-4-3-5-7-9/h8,11-12H,3-7H2,1-2H3. The number of hydrogen-bond donors (Lipinski definition) is 2. The van der Waals surface area contributed by atoms with Gasteiger partial charge in [-0.25, -0.2) is 0 Å². The highest BCUT2D eigenvalue weighted by Crippen LogP contribution is 2.37. The summed E-state index contributed by atoms with van der Waals surface area (Å²) in [6, 6.07) is 0. The van der Waals surface area contributed by atoms with E-state index in [2.05, 4.69) is 0 Å². The Kier molecular flexibility index (Phi) is 3.09. The fraction of sp³-hybridized carbons (Fsp3) is 1.00. The fourth-order valence-corrected chi connectivity index (χ4v) is 2.17. The quantitative estimate of drug-likeness (QED) is 0.630. The van der Waals surface area contributed by atoms with Gasteiger partial charge < -0.3 is 0 Å². The van der Waals surface area contributed by atoms with Crippen molar-refractivity contribution in [2.24, 2.45) is 5.92 Å². The molecule has 3 heteroatoms. The first-order valence-corrected chi connectivity index (χ1v) is 4.77. The maximum Gasteiger partial charge on any atom is 0.0755 e. The molecule has 0 spiro atoms. The summed E-state index contributed by atoms with van der Waals surface area (Å²) in [5.74, 6) is 0.299. The second-order valence-corrected chi connectivity index (χ2v) is 4.11. The Morgan fingerprint density at radius 3 is 1.83 bits per heavy atom. The lowest BCUT2D eigenvalue weighted by Gasteiger charge is -2.42. The van der Waals surface area contributed by atoms with Crippen LogP contribution in [0, 0.1) is 5.92 Å². The summed E-state index contributed by atoms with van der Waals surface area (Å²) < 4.78 is 0. The molecule has 0 aromatic carbocycles. The van der Waals surface area contributed by atoms with Crippen LogP contribution in [-0.4, -0.2) is 21.2 Å². The van der Waals surface area contributed by atoms with Crippen molar-refractivity contribution in [2.45, 2.75) is 51.5 Å². The largest absolute Gasteiger partial charge is 0.289 e. The van der Waals surface area contributed by atoms with Crippen molar-refractivity contribution in [1.82, 2.24) is 5.23 Å². The van der Waals surface area contributed by atoms with Gasteiger partial charge in [0, 0.05) is 0 Å². The van der Waals surface area contributed by atoms with Gasteiger partial charge >= 0.3 is 0 Å². The summed E-state index contributed by atoms with van der Waals surface area (Å²) in [4.78, 5) is 0. The molecule has 0 aromatic heterocycles. The van der Waals surface area contributed by atoms with Gasteiger partial charge in [-0.05, 0) is 18.8 Å². The van der Waals surface area contributed by atoms with Crippen LogP contribution in [0.3, 0.4) is 0 Å². The number of hydrogen-bond acceptors (Lipinski definition) is 3. The van der Waals surface area contributed by atoms with Crippen molar-refractivity contribution < 1.29 is 10.4 Å². The second kappa shape index (κ2) is 3.73. The Bertz CT molecular complexity index is 129. The van der Waals surface area contributed by atoms with E-state index in [1.165, 1.54) is 6.42 Å². The summed E-state index contributed by atoms with van der Waals surface area (Å²) in [5.41, 5.74) is -0.377. The van der Waals surface area contributed by atoms with Gasteiger partial charge in [0.1, 0.15) is 0 Å². The van der Waals surface area contributed by atoms with Crippen LogP contribution in [0.1, 0.15) is 46.0 Å². The summed E-state index contributed by atoms with van der Waals surface area (Å²) in [7, 11) is 0. The van der Waals surface area contributed by atoms with E-state index in [0.29, 0.717) is 11.1 Å². The average Bonchev–Trinajstić information content (AvgIpc) is 2.05. The van der Waals surface area contributed by atoms with Crippen molar-refractivity contribution in [1.29, 1.82) is 0 Å². The SMILES string of the molecule is CC(C)C1(N(O)O)CCCCC1. The Labute approximate surface area is 73.9 Å². The van der Waals surface area contributed by atoms with E-state index in [0.717, 1.165) is 25.7 Å². The molecule has 0 bridgehead atoms. The summed E-state index contributed by atoms with van der Waals surface area (Å²) >= 11 is 0. The van der Waals surface area contributed by atoms with Gasteiger partial charge in [0.25, 0.3) is 0 Å². The van der Waals surface area contributed by atoms with E-state index in [-0.39, 0.29) is 5.54 Å². The molecule has 3 nitrogen and oxygen atoms in total. The molecular formula is C9H19NO2. The number of hydroxylamine groups is 2. The van der Waals surface area contributed by atoms with Crippen LogP contribution in [0.15, 0.2) is 0 Å². The molecule has 0 unspecified atom stereocenters. The molecule has 72 valence electrons. The van der Waals surface area contributed by atoms with Crippen molar-refractivity contribution in [3.8, 4) is 0 Å². The molecule has 1 aliphatic rings. The zero-order valence-corrected chi connectivity index (χ0v) is 7.95. The average molecular weight is 173 g/mol. The van der Waals surface area contributed by atoms with Crippen LogP contribution in [-0.2, 0) is 0 Å². The van der Waals surface area contributed by atoms with E-state index in [1.54, 1.807) is 0 Å². The van der Waals surface area contributed by atoms with Crippen molar-refractivity contribution in [3.05, 3.63) is 0 Å².